The maximum atomic E-state index is 14.8. The Bertz CT molecular complexity index is 2090. The Balaban J connectivity index is 1.09. The van der Waals surface area contributed by atoms with Crippen molar-refractivity contribution in [1.29, 1.82) is 0 Å². The molecule has 2 aliphatic carbocycles. The Morgan fingerprint density at radius 1 is 0.963 bits per heavy atom. The van der Waals surface area contributed by atoms with Crippen molar-refractivity contribution in [3.63, 3.8) is 0 Å². The van der Waals surface area contributed by atoms with Crippen molar-refractivity contribution in [3.05, 3.63) is 65.5 Å². The van der Waals surface area contributed by atoms with Gasteiger partial charge in [-0.05, 0) is 121 Å². The van der Waals surface area contributed by atoms with Crippen LogP contribution in [0, 0.1) is 6.92 Å². The molecule has 11 heteroatoms. The number of aliphatic hydroxyl groups excluding tert-OH is 1. The van der Waals surface area contributed by atoms with Crippen LogP contribution in [0.3, 0.4) is 0 Å². The molecular weight excluding hydrogens is 677 g/mol. The van der Waals surface area contributed by atoms with Crippen molar-refractivity contribution in [2.75, 3.05) is 36.4 Å². The molecular formula is C43H54N8O3. The van der Waals surface area contributed by atoms with Crippen LogP contribution in [0.2, 0.25) is 0 Å². The Kier molecular flexibility index (Phi) is 9.02. The van der Waals surface area contributed by atoms with Crippen LogP contribution in [0.4, 0.5) is 17.2 Å². The maximum absolute atomic E-state index is 14.8. The van der Waals surface area contributed by atoms with Gasteiger partial charge in [0.05, 0.1) is 23.0 Å². The first-order valence-corrected chi connectivity index (χ1v) is 20.3. The number of likely N-dealkylation sites (tertiary alicyclic amines) is 2. The number of anilines is 3. The SMILES string of the molecule is CC(=O)N1CCC2(CC1)C(=O)N([C@H]1C[C@@H](N3CCCCC3)C1)c1cc(-c3cc4ncn(C(C)C)c4c(Nc4ccc(C)c(C(O)NC5CC5)c4)n3)ccc12. The Morgan fingerprint density at radius 2 is 1.72 bits per heavy atom. The summed E-state index contributed by atoms with van der Waals surface area (Å²) in [5, 5.41) is 18.0. The number of aryl methyl sites for hydroxylation is 1. The van der Waals surface area contributed by atoms with Crippen molar-refractivity contribution in [1.82, 2.24) is 29.7 Å². The highest BCUT2D eigenvalue weighted by Gasteiger charge is 2.55. The first-order valence-electron chi connectivity index (χ1n) is 20.3. The summed E-state index contributed by atoms with van der Waals surface area (Å²) < 4.78 is 2.14. The summed E-state index contributed by atoms with van der Waals surface area (Å²) in [6.45, 7) is 11.4. The molecule has 3 aliphatic heterocycles. The fourth-order valence-corrected chi connectivity index (χ4v) is 9.55. The third-order valence-corrected chi connectivity index (χ3v) is 13.0. The third kappa shape index (κ3) is 6.18. The van der Waals surface area contributed by atoms with Crippen molar-refractivity contribution < 1.29 is 14.7 Å². The number of benzene rings is 2. The molecule has 2 amide bonds. The fraction of sp³-hybridized carbons (Fsp3) is 0.535. The van der Waals surface area contributed by atoms with Gasteiger partial charge in [-0.25, -0.2) is 9.97 Å². The van der Waals surface area contributed by atoms with Crippen LogP contribution in [0.5, 0.6) is 0 Å². The van der Waals surface area contributed by atoms with Gasteiger partial charge in [-0.15, -0.1) is 0 Å². The van der Waals surface area contributed by atoms with Gasteiger partial charge < -0.3 is 29.7 Å². The number of aromatic nitrogens is 3. The molecule has 3 N–H and O–H groups in total. The van der Waals surface area contributed by atoms with Crippen LogP contribution < -0.4 is 15.5 Å². The number of imidazole rings is 1. The van der Waals surface area contributed by atoms with E-state index < -0.39 is 11.6 Å². The first-order chi connectivity index (χ1) is 26.1. The van der Waals surface area contributed by atoms with Crippen LogP contribution in [-0.4, -0.2) is 85.6 Å². The molecule has 1 spiro atoms. The summed E-state index contributed by atoms with van der Waals surface area (Å²) in [5.41, 5.74) is 7.67. The van der Waals surface area contributed by atoms with Gasteiger partial charge in [0.15, 0.2) is 5.82 Å². The van der Waals surface area contributed by atoms with Crippen LogP contribution in [-0.2, 0) is 15.0 Å². The Hall–Kier alpha value is -4.32. The van der Waals surface area contributed by atoms with Gasteiger partial charge in [-0.3, -0.25) is 14.9 Å². The maximum Gasteiger partial charge on any atom is 0.238 e. The van der Waals surface area contributed by atoms with E-state index in [1.165, 1.54) is 19.3 Å². The zero-order chi connectivity index (χ0) is 37.3. The van der Waals surface area contributed by atoms with Crippen molar-refractivity contribution in [2.24, 2.45) is 0 Å². The highest BCUT2D eigenvalue weighted by atomic mass is 16.3. The van der Waals surface area contributed by atoms with Gasteiger partial charge in [0, 0.05) is 66.7 Å². The lowest BCUT2D eigenvalue weighted by molar-refractivity contribution is -0.134. The molecule has 5 aliphatic rings. The number of piperidine rings is 2. The predicted octanol–water partition coefficient (Wildman–Crippen LogP) is 6.72. The molecule has 284 valence electrons. The number of nitrogens with zero attached hydrogens (tertiary/aromatic N) is 6. The molecule has 5 heterocycles. The zero-order valence-corrected chi connectivity index (χ0v) is 32.1. The third-order valence-electron chi connectivity index (χ3n) is 13.0. The summed E-state index contributed by atoms with van der Waals surface area (Å²) in [7, 11) is 0. The van der Waals surface area contributed by atoms with Gasteiger partial charge in [0.25, 0.3) is 0 Å². The normalized spacial score (nSPS) is 23.3. The fourth-order valence-electron chi connectivity index (χ4n) is 9.55. The van der Waals surface area contributed by atoms with E-state index in [9.17, 15) is 14.7 Å². The van der Waals surface area contributed by atoms with E-state index in [2.05, 4.69) is 63.1 Å². The van der Waals surface area contributed by atoms with Crippen molar-refractivity contribution in [2.45, 2.75) is 121 Å². The number of nitrogens with one attached hydrogen (secondary N) is 2. The molecule has 2 saturated heterocycles. The van der Waals surface area contributed by atoms with E-state index in [0.29, 0.717) is 43.8 Å². The molecule has 9 rings (SSSR count). The van der Waals surface area contributed by atoms with Gasteiger partial charge in [-0.1, -0.05) is 24.6 Å². The molecule has 54 heavy (non-hydrogen) atoms. The van der Waals surface area contributed by atoms with Gasteiger partial charge in [0.2, 0.25) is 11.8 Å². The lowest BCUT2D eigenvalue weighted by Gasteiger charge is -2.48. The van der Waals surface area contributed by atoms with Crippen LogP contribution in [0.25, 0.3) is 22.3 Å². The number of rotatable bonds is 9. The van der Waals surface area contributed by atoms with Crippen LogP contribution >= 0.6 is 0 Å². The van der Waals surface area contributed by atoms with Gasteiger partial charge >= 0.3 is 0 Å². The van der Waals surface area contributed by atoms with Crippen LogP contribution in [0.15, 0.2) is 48.8 Å². The zero-order valence-electron chi connectivity index (χ0n) is 32.1. The summed E-state index contributed by atoms with van der Waals surface area (Å²) >= 11 is 0. The summed E-state index contributed by atoms with van der Waals surface area (Å²) in [4.78, 5) is 43.9. The van der Waals surface area contributed by atoms with Gasteiger partial charge in [-0.2, -0.15) is 0 Å². The smallest absolute Gasteiger partial charge is 0.238 e. The molecule has 4 fully saturated rings. The van der Waals surface area contributed by atoms with E-state index in [1.807, 2.05) is 36.4 Å². The lowest BCUT2D eigenvalue weighted by Crippen LogP contribution is -2.58. The number of carbonyl (C=O) groups is 2. The molecule has 1 atom stereocenters. The van der Waals surface area contributed by atoms with Crippen molar-refractivity contribution in [3.8, 4) is 11.3 Å². The quantitative estimate of drug-likeness (QED) is 0.163. The molecule has 2 aromatic heterocycles. The summed E-state index contributed by atoms with van der Waals surface area (Å²) in [6.07, 6.45) is 10.5. The average Bonchev–Trinajstić information content (AvgIpc) is 3.81. The minimum Gasteiger partial charge on any atom is -0.374 e. The summed E-state index contributed by atoms with van der Waals surface area (Å²) in [5.74, 6) is 0.970. The Labute approximate surface area is 318 Å². The number of aliphatic hydroxyl groups is 1. The molecule has 0 radical (unpaired) electrons. The standard InChI is InChI=1S/C43H54N8O3/c1-26(2)50-25-44-37-24-36(47-40(39(37)50)45-31-10-8-27(3)34(21-31)41(53)46-30-11-12-30)29-9-13-35-38(20-29)51(33-22-32(23-33)49-16-6-5-7-17-49)42(54)43(35)14-18-48(19-15-43)28(4)52/h8-10,13,20-21,24-26,30,32-33,41,46,53H,5-7,11-12,14-19,22-23H2,1-4H3,(H,45,47)/t32-,33+,41?. The number of pyridine rings is 1. The minimum absolute atomic E-state index is 0.0739. The monoisotopic (exact) mass is 730 g/mol. The molecule has 4 aromatic rings. The highest BCUT2D eigenvalue weighted by Crippen LogP contribution is 2.52. The van der Waals surface area contributed by atoms with E-state index >= 15 is 0 Å². The molecule has 2 saturated carbocycles. The number of hydrogen-bond donors (Lipinski definition) is 3. The number of fused-ring (bicyclic) bond motifs is 3. The first kappa shape index (κ1) is 35.4. The van der Waals surface area contributed by atoms with Gasteiger partial charge in [0.1, 0.15) is 11.7 Å². The average molecular weight is 731 g/mol. The van der Waals surface area contributed by atoms with Crippen molar-refractivity contribution >= 4 is 40.0 Å². The topological polar surface area (TPSA) is 119 Å². The Morgan fingerprint density at radius 3 is 2.43 bits per heavy atom. The largest absolute Gasteiger partial charge is 0.374 e. The summed E-state index contributed by atoms with van der Waals surface area (Å²) in [6, 6.07) is 15.9. The number of amides is 2. The predicted molar refractivity (Wildman–Crippen MR) is 212 cm³/mol. The second kappa shape index (κ2) is 13.8. The number of hydrogen-bond acceptors (Lipinski definition) is 8. The molecule has 2 aromatic carbocycles. The molecule has 1 unspecified atom stereocenters. The second-order valence-corrected chi connectivity index (χ2v) is 16.9. The van der Waals surface area contributed by atoms with Crippen LogP contribution in [0.1, 0.15) is 108 Å². The number of carbonyl (C=O) groups excluding carboxylic acids is 2. The van der Waals surface area contributed by atoms with E-state index in [4.69, 9.17) is 9.97 Å². The van der Waals surface area contributed by atoms with E-state index in [1.54, 1.807) is 6.92 Å². The molecule has 11 nitrogen and oxygen atoms in total. The second-order valence-electron chi connectivity index (χ2n) is 16.9. The minimum atomic E-state index is -0.736. The highest BCUT2D eigenvalue weighted by molar-refractivity contribution is 6.09. The lowest BCUT2D eigenvalue weighted by atomic mass is 9.73. The molecule has 0 bridgehead atoms. The van der Waals surface area contributed by atoms with E-state index in [0.717, 1.165) is 89.1 Å². The van der Waals surface area contributed by atoms with E-state index in [-0.39, 0.29) is 23.9 Å².